The first-order valence-electron chi connectivity index (χ1n) is 9.51. The number of amides is 1. The molecule has 1 amide bonds. The molecule has 7 heteroatoms. The molecule has 0 radical (unpaired) electrons. The van der Waals surface area contributed by atoms with E-state index in [0.29, 0.717) is 18.5 Å². The van der Waals surface area contributed by atoms with Crippen molar-refractivity contribution >= 4 is 28.2 Å². The number of ether oxygens (including phenoxy) is 1. The predicted octanol–water partition coefficient (Wildman–Crippen LogP) is 4.58. The Bertz CT molecular complexity index is 894. The highest BCUT2D eigenvalue weighted by Gasteiger charge is 2.36. The molecule has 1 saturated heterocycles. The number of carbonyl (C=O) groups is 1. The van der Waals surface area contributed by atoms with Crippen molar-refractivity contribution in [1.29, 1.82) is 0 Å². The Morgan fingerprint density at radius 3 is 2.18 bits per heavy atom. The van der Waals surface area contributed by atoms with Gasteiger partial charge >= 0.3 is 6.09 Å². The van der Waals surface area contributed by atoms with Crippen molar-refractivity contribution < 1.29 is 14.5 Å². The summed E-state index contributed by atoms with van der Waals surface area (Å²) in [6, 6.07) is 10.7. The number of nitrogens with zero attached hydrogens (tertiary/aromatic N) is 3. The molecule has 2 aromatic rings. The van der Waals surface area contributed by atoms with Crippen molar-refractivity contribution in [3.63, 3.8) is 0 Å². The summed E-state index contributed by atoms with van der Waals surface area (Å²) >= 11 is 0. The summed E-state index contributed by atoms with van der Waals surface area (Å²) in [6.07, 6.45) is -0.305. The minimum absolute atomic E-state index is 0.0486. The zero-order chi connectivity index (χ0) is 20.6. The Kier molecular flexibility index (Phi) is 5.19. The van der Waals surface area contributed by atoms with Gasteiger partial charge in [0, 0.05) is 30.2 Å². The highest BCUT2D eigenvalue weighted by atomic mass is 16.6. The molecule has 150 valence electrons. The molecule has 0 saturated carbocycles. The third-order valence-electron chi connectivity index (χ3n) is 4.94. The van der Waals surface area contributed by atoms with Crippen LogP contribution in [0.2, 0.25) is 0 Å². The summed E-state index contributed by atoms with van der Waals surface area (Å²) in [5.74, 6) is 0. The van der Waals surface area contributed by atoms with E-state index in [0.717, 1.165) is 11.1 Å². The van der Waals surface area contributed by atoms with Gasteiger partial charge in [-0.05, 0) is 46.8 Å². The SMILES string of the molecule is C[C@@H]1CN(c2ccc([N+](=O)[O-])c3ccccc23)C[C@H](C)N1C(=O)OC(C)(C)C. The fraction of sp³-hybridized carbons (Fsp3) is 0.476. The second kappa shape index (κ2) is 7.30. The molecule has 0 spiro atoms. The van der Waals surface area contributed by atoms with Crippen LogP contribution >= 0.6 is 0 Å². The van der Waals surface area contributed by atoms with Gasteiger partial charge in [0.25, 0.3) is 5.69 Å². The molecule has 1 fully saturated rings. The maximum absolute atomic E-state index is 12.6. The smallest absolute Gasteiger partial charge is 0.410 e. The van der Waals surface area contributed by atoms with Gasteiger partial charge in [0.2, 0.25) is 0 Å². The van der Waals surface area contributed by atoms with Crippen LogP contribution in [0.25, 0.3) is 10.8 Å². The fourth-order valence-electron chi connectivity index (χ4n) is 3.90. The lowest BCUT2D eigenvalue weighted by Crippen LogP contribution is -2.59. The van der Waals surface area contributed by atoms with Crippen molar-refractivity contribution in [3.05, 3.63) is 46.5 Å². The molecule has 7 nitrogen and oxygen atoms in total. The number of hydrogen-bond donors (Lipinski definition) is 0. The van der Waals surface area contributed by atoms with Crippen molar-refractivity contribution in [2.45, 2.75) is 52.3 Å². The minimum atomic E-state index is -0.539. The van der Waals surface area contributed by atoms with Gasteiger partial charge in [-0.1, -0.05) is 18.2 Å². The largest absolute Gasteiger partial charge is 0.444 e. The molecule has 28 heavy (non-hydrogen) atoms. The summed E-state index contributed by atoms with van der Waals surface area (Å²) in [6.45, 7) is 10.8. The van der Waals surface area contributed by atoms with Crippen LogP contribution in [-0.4, -0.2) is 46.7 Å². The van der Waals surface area contributed by atoms with E-state index in [1.807, 2.05) is 58.9 Å². The van der Waals surface area contributed by atoms with Crippen molar-refractivity contribution in [2.24, 2.45) is 0 Å². The number of fused-ring (bicyclic) bond motifs is 1. The molecule has 0 aromatic heterocycles. The van der Waals surface area contributed by atoms with Crippen molar-refractivity contribution in [2.75, 3.05) is 18.0 Å². The van der Waals surface area contributed by atoms with Crippen molar-refractivity contribution in [1.82, 2.24) is 4.90 Å². The fourth-order valence-corrected chi connectivity index (χ4v) is 3.90. The third-order valence-corrected chi connectivity index (χ3v) is 4.94. The van der Waals surface area contributed by atoms with Gasteiger partial charge in [0.15, 0.2) is 0 Å². The summed E-state index contributed by atoms with van der Waals surface area (Å²) in [5.41, 5.74) is 0.513. The van der Waals surface area contributed by atoms with Crippen LogP contribution in [0.15, 0.2) is 36.4 Å². The van der Waals surface area contributed by atoms with E-state index < -0.39 is 5.60 Å². The quantitative estimate of drug-likeness (QED) is 0.558. The number of nitro groups is 1. The Balaban J connectivity index is 1.91. The number of nitro benzene ring substituents is 1. The molecule has 0 unspecified atom stereocenters. The van der Waals surface area contributed by atoms with Gasteiger partial charge in [-0.2, -0.15) is 0 Å². The van der Waals surface area contributed by atoms with Crippen LogP contribution in [0.4, 0.5) is 16.2 Å². The summed E-state index contributed by atoms with van der Waals surface area (Å²) in [4.78, 5) is 27.6. The van der Waals surface area contributed by atoms with E-state index in [4.69, 9.17) is 4.74 Å². The van der Waals surface area contributed by atoms with Gasteiger partial charge in [-0.25, -0.2) is 4.79 Å². The van der Waals surface area contributed by atoms with E-state index in [-0.39, 0.29) is 28.8 Å². The molecule has 0 N–H and O–H groups in total. The van der Waals surface area contributed by atoms with Crippen LogP contribution < -0.4 is 4.90 Å². The van der Waals surface area contributed by atoms with E-state index in [1.165, 1.54) is 0 Å². The van der Waals surface area contributed by atoms with Crippen LogP contribution in [-0.2, 0) is 4.74 Å². The molecule has 3 rings (SSSR count). The predicted molar refractivity (Wildman–Crippen MR) is 110 cm³/mol. The van der Waals surface area contributed by atoms with Gasteiger partial charge < -0.3 is 9.64 Å². The summed E-state index contributed by atoms with van der Waals surface area (Å²) in [7, 11) is 0. The Morgan fingerprint density at radius 2 is 1.64 bits per heavy atom. The summed E-state index contributed by atoms with van der Waals surface area (Å²) < 4.78 is 5.56. The first-order chi connectivity index (χ1) is 13.1. The van der Waals surface area contributed by atoms with Gasteiger partial charge in [0.05, 0.1) is 22.4 Å². The second-order valence-corrected chi connectivity index (χ2v) is 8.40. The minimum Gasteiger partial charge on any atom is -0.444 e. The van der Waals surface area contributed by atoms with E-state index >= 15 is 0 Å². The Morgan fingerprint density at radius 1 is 1.07 bits per heavy atom. The molecule has 1 heterocycles. The Labute approximate surface area is 165 Å². The number of carbonyl (C=O) groups excluding carboxylic acids is 1. The number of piperazine rings is 1. The number of anilines is 1. The lowest BCUT2D eigenvalue weighted by atomic mass is 10.0. The lowest BCUT2D eigenvalue weighted by Gasteiger charge is -2.45. The molecule has 0 bridgehead atoms. The van der Waals surface area contributed by atoms with E-state index in [1.54, 1.807) is 17.0 Å². The average Bonchev–Trinajstić information content (AvgIpc) is 2.58. The maximum Gasteiger partial charge on any atom is 0.410 e. The van der Waals surface area contributed by atoms with Crippen LogP contribution in [0, 0.1) is 10.1 Å². The first-order valence-corrected chi connectivity index (χ1v) is 9.51. The molecule has 2 aromatic carbocycles. The number of non-ortho nitro benzene ring substituents is 1. The van der Waals surface area contributed by atoms with Crippen LogP contribution in [0.1, 0.15) is 34.6 Å². The van der Waals surface area contributed by atoms with Crippen LogP contribution in [0.3, 0.4) is 0 Å². The zero-order valence-corrected chi connectivity index (χ0v) is 17.0. The molecule has 2 atom stereocenters. The molecular weight excluding hydrogens is 358 g/mol. The molecular formula is C21H27N3O4. The molecule has 1 aliphatic rings. The van der Waals surface area contributed by atoms with Gasteiger partial charge in [-0.15, -0.1) is 0 Å². The normalized spacial score (nSPS) is 20.3. The maximum atomic E-state index is 12.6. The Hall–Kier alpha value is -2.83. The molecule has 0 aliphatic carbocycles. The van der Waals surface area contributed by atoms with Crippen LogP contribution in [0.5, 0.6) is 0 Å². The standard InChI is InChI=1S/C21H27N3O4/c1-14-12-22(13-15(2)23(14)20(25)28-21(3,4)5)18-10-11-19(24(26)27)17-9-7-6-8-16(17)18/h6-11,14-15H,12-13H2,1-5H3/t14-,15+. The second-order valence-electron chi connectivity index (χ2n) is 8.40. The monoisotopic (exact) mass is 385 g/mol. The van der Waals surface area contributed by atoms with Gasteiger partial charge in [0.1, 0.15) is 5.60 Å². The zero-order valence-electron chi connectivity index (χ0n) is 17.0. The van der Waals surface area contributed by atoms with Crippen molar-refractivity contribution in [3.8, 4) is 0 Å². The number of benzene rings is 2. The average molecular weight is 385 g/mol. The number of rotatable bonds is 2. The molecule has 1 aliphatic heterocycles. The number of hydrogen-bond acceptors (Lipinski definition) is 5. The first kappa shape index (κ1) is 19.9. The van der Waals surface area contributed by atoms with E-state index in [9.17, 15) is 14.9 Å². The highest BCUT2D eigenvalue weighted by molar-refractivity contribution is 6.00. The lowest BCUT2D eigenvalue weighted by molar-refractivity contribution is -0.383. The highest BCUT2D eigenvalue weighted by Crippen LogP contribution is 2.35. The third kappa shape index (κ3) is 3.88. The van der Waals surface area contributed by atoms with E-state index in [2.05, 4.69) is 4.90 Å². The topological polar surface area (TPSA) is 75.9 Å². The summed E-state index contributed by atoms with van der Waals surface area (Å²) in [5, 5.41) is 12.8. The van der Waals surface area contributed by atoms with Gasteiger partial charge in [-0.3, -0.25) is 15.0 Å².